The maximum Gasteiger partial charge on any atom is 0.178 e. The van der Waals surface area contributed by atoms with Crippen LogP contribution in [0.25, 0.3) is 11.0 Å². The second-order valence-electron chi connectivity index (χ2n) is 4.30. The van der Waals surface area contributed by atoms with E-state index in [0.29, 0.717) is 0 Å². The Kier molecular flexibility index (Phi) is 4.24. The number of aromatic nitrogens is 2. The number of unbranched alkanes of at least 4 members (excludes halogenated alkanes) is 3. The van der Waals surface area contributed by atoms with Crippen molar-refractivity contribution < 1.29 is 0 Å². The Morgan fingerprint density at radius 3 is 2.88 bits per heavy atom. The van der Waals surface area contributed by atoms with Crippen LogP contribution < -0.4 is 0 Å². The van der Waals surface area contributed by atoms with Crippen molar-refractivity contribution >= 4 is 34.9 Å². The van der Waals surface area contributed by atoms with E-state index in [1.807, 2.05) is 18.2 Å². The molecule has 1 N–H and O–H groups in total. The molecule has 1 heterocycles. The molecule has 0 radical (unpaired) electrons. The van der Waals surface area contributed by atoms with Crippen molar-refractivity contribution in [1.29, 1.82) is 0 Å². The zero-order chi connectivity index (χ0) is 12.3. The number of benzene rings is 1. The lowest BCUT2D eigenvalue weighted by atomic mass is 10.2. The molecule has 0 aliphatic carbocycles. The predicted molar refractivity (Wildman–Crippen MR) is 76.3 cm³/mol. The molecule has 0 saturated carbocycles. The first-order valence-corrected chi connectivity index (χ1v) is 6.89. The van der Waals surface area contributed by atoms with Gasteiger partial charge in [0, 0.05) is 11.6 Å². The molecule has 0 spiro atoms. The van der Waals surface area contributed by atoms with Crippen LogP contribution in [0.5, 0.6) is 0 Å². The predicted octanol–water partition coefficient (Wildman–Crippen LogP) is 4.93. The molecule has 0 aliphatic rings. The smallest absolute Gasteiger partial charge is 0.178 e. The van der Waals surface area contributed by atoms with Crippen molar-refractivity contribution in [3.63, 3.8) is 0 Å². The van der Waals surface area contributed by atoms with E-state index in [1.54, 1.807) is 0 Å². The van der Waals surface area contributed by atoms with Crippen molar-refractivity contribution in [1.82, 2.24) is 9.55 Å². The minimum atomic E-state index is 0.742. The third kappa shape index (κ3) is 2.90. The van der Waals surface area contributed by atoms with Crippen LogP contribution >= 0.6 is 23.8 Å². The van der Waals surface area contributed by atoms with E-state index in [4.69, 9.17) is 23.8 Å². The number of hydrogen-bond acceptors (Lipinski definition) is 1. The standard InChI is InChI=1S/C13H17ClN2S/c1-2-3-4-5-8-16-12-7-6-10(14)9-11(12)15-13(16)17/h6-7,9H,2-5,8H2,1H3,(H,15,17). The van der Waals surface area contributed by atoms with Crippen molar-refractivity contribution in [2.75, 3.05) is 0 Å². The molecule has 0 amide bonds. The number of aryl methyl sites for hydroxylation is 1. The molecule has 1 aromatic heterocycles. The summed E-state index contributed by atoms with van der Waals surface area (Å²) in [5.74, 6) is 0. The summed E-state index contributed by atoms with van der Waals surface area (Å²) in [5.41, 5.74) is 2.17. The van der Waals surface area contributed by atoms with E-state index in [2.05, 4.69) is 16.5 Å². The van der Waals surface area contributed by atoms with E-state index >= 15 is 0 Å². The first kappa shape index (κ1) is 12.7. The average Bonchev–Trinajstić information content (AvgIpc) is 2.60. The largest absolute Gasteiger partial charge is 0.331 e. The summed E-state index contributed by atoms with van der Waals surface area (Å²) >= 11 is 11.3. The highest BCUT2D eigenvalue weighted by Crippen LogP contribution is 2.19. The summed E-state index contributed by atoms with van der Waals surface area (Å²) in [6.07, 6.45) is 4.99. The van der Waals surface area contributed by atoms with Crippen LogP contribution in [0.4, 0.5) is 0 Å². The average molecular weight is 269 g/mol. The van der Waals surface area contributed by atoms with Crippen LogP contribution in [-0.2, 0) is 6.54 Å². The van der Waals surface area contributed by atoms with E-state index in [9.17, 15) is 0 Å². The van der Waals surface area contributed by atoms with Crippen LogP contribution in [-0.4, -0.2) is 9.55 Å². The van der Waals surface area contributed by atoms with Gasteiger partial charge < -0.3 is 9.55 Å². The molecule has 2 nitrogen and oxygen atoms in total. The number of hydrogen-bond donors (Lipinski definition) is 1. The molecule has 0 fully saturated rings. The van der Waals surface area contributed by atoms with E-state index < -0.39 is 0 Å². The van der Waals surface area contributed by atoms with Crippen LogP contribution in [0.1, 0.15) is 32.6 Å². The molecule has 1 aromatic carbocycles. The molecule has 0 atom stereocenters. The number of H-pyrrole nitrogens is 1. The van der Waals surface area contributed by atoms with Gasteiger partial charge in [-0.3, -0.25) is 0 Å². The maximum atomic E-state index is 5.96. The number of imidazole rings is 1. The monoisotopic (exact) mass is 268 g/mol. The van der Waals surface area contributed by atoms with Crippen LogP contribution in [0.3, 0.4) is 0 Å². The zero-order valence-corrected chi connectivity index (χ0v) is 11.6. The van der Waals surface area contributed by atoms with Gasteiger partial charge in [-0.2, -0.15) is 0 Å². The zero-order valence-electron chi connectivity index (χ0n) is 10.0. The quantitative estimate of drug-likeness (QED) is 0.602. The van der Waals surface area contributed by atoms with Gasteiger partial charge in [0.15, 0.2) is 4.77 Å². The molecule has 2 rings (SSSR count). The Hall–Kier alpha value is -0.800. The number of fused-ring (bicyclic) bond motifs is 1. The fraction of sp³-hybridized carbons (Fsp3) is 0.462. The van der Waals surface area contributed by atoms with Gasteiger partial charge in [0.2, 0.25) is 0 Å². The van der Waals surface area contributed by atoms with Crippen molar-refractivity contribution in [3.8, 4) is 0 Å². The number of aromatic amines is 1. The minimum Gasteiger partial charge on any atom is -0.331 e. The number of nitrogens with zero attached hydrogens (tertiary/aromatic N) is 1. The highest BCUT2D eigenvalue weighted by atomic mass is 35.5. The normalized spacial score (nSPS) is 11.2. The van der Waals surface area contributed by atoms with E-state index in [-0.39, 0.29) is 0 Å². The highest BCUT2D eigenvalue weighted by molar-refractivity contribution is 7.71. The summed E-state index contributed by atoms with van der Waals surface area (Å²) in [5, 5.41) is 0.742. The molecule has 0 saturated heterocycles. The van der Waals surface area contributed by atoms with Crippen molar-refractivity contribution in [3.05, 3.63) is 28.0 Å². The second-order valence-corrected chi connectivity index (χ2v) is 5.13. The lowest BCUT2D eigenvalue weighted by Gasteiger charge is -2.04. The number of halogens is 1. The van der Waals surface area contributed by atoms with Crippen LogP contribution in [0.15, 0.2) is 18.2 Å². The molecule has 0 bridgehead atoms. The maximum absolute atomic E-state index is 5.96. The van der Waals surface area contributed by atoms with Gasteiger partial charge in [-0.1, -0.05) is 37.8 Å². The summed E-state index contributed by atoms with van der Waals surface area (Å²) < 4.78 is 2.95. The first-order valence-electron chi connectivity index (χ1n) is 6.10. The second kappa shape index (κ2) is 5.69. The Morgan fingerprint density at radius 2 is 2.12 bits per heavy atom. The number of nitrogens with one attached hydrogen (secondary N) is 1. The molecule has 92 valence electrons. The van der Waals surface area contributed by atoms with E-state index in [1.165, 1.54) is 25.7 Å². The third-order valence-electron chi connectivity index (χ3n) is 2.97. The van der Waals surface area contributed by atoms with Crippen molar-refractivity contribution in [2.45, 2.75) is 39.2 Å². The fourth-order valence-corrected chi connectivity index (χ4v) is 2.53. The van der Waals surface area contributed by atoms with Gasteiger partial charge in [-0.15, -0.1) is 0 Å². The topological polar surface area (TPSA) is 20.7 Å². The molecular weight excluding hydrogens is 252 g/mol. The summed E-state index contributed by atoms with van der Waals surface area (Å²) in [4.78, 5) is 3.20. The molecule has 2 aromatic rings. The van der Waals surface area contributed by atoms with Crippen LogP contribution in [0, 0.1) is 4.77 Å². The highest BCUT2D eigenvalue weighted by Gasteiger charge is 2.04. The number of rotatable bonds is 5. The lowest BCUT2D eigenvalue weighted by molar-refractivity contribution is 0.587. The lowest BCUT2D eigenvalue weighted by Crippen LogP contribution is -1.97. The van der Waals surface area contributed by atoms with Crippen molar-refractivity contribution in [2.24, 2.45) is 0 Å². The molecule has 0 unspecified atom stereocenters. The minimum absolute atomic E-state index is 0.742. The molecule has 4 heteroatoms. The van der Waals surface area contributed by atoms with Gasteiger partial charge in [-0.05, 0) is 36.8 Å². The van der Waals surface area contributed by atoms with Gasteiger partial charge >= 0.3 is 0 Å². The van der Waals surface area contributed by atoms with Gasteiger partial charge in [0.1, 0.15) is 0 Å². The Bertz CT molecular complexity index is 556. The summed E-state index contributed by atoms with van der Waals surface area (Å²) in [6.45, 7) is 3.21. The van der Waals surface area contributed by atoms with Gasteiger partial charge in [0.25, 0.3) is 0 Å². The summed E-state index contributed by atoms with van der Waals surface area (Å²) in [6, 6.07) is 5.87. The molecular formula is C13H17ClN2S. The Morgan fingerprint density at radius 1 is 1.29 bits per heavy atom. The van der Waals surface area contributed by atoms with Gasteiger partial charge in [-0.25, -0.2) is 0 Å². The third-order valence-corrected chi connectivity index (χ3v) is 3.53. The summed E-state index contributed by atoms with van der Waals surface area (Å²) in [7, 11) is 0. The Balaban J connectivity index is 2.21. The molecule has 0 aliphatic heterocycles. The van der Waals surface area contributed by atoms with E-state index in [0.717, 1.165) is 27.4 Å². The van der Waals surface area contributed by atoms with Gasteiger partial charge in [0.05, 0.1) is 11.0 Å². The molecule has 17 heavy (non-hydrogen) atoms. The van der Waals surface area contributed by atoms with Crippen LogP contribution in [0.2, 0.25) is 5.02 Å². The first-order chi connectivity index (χ1) is 8.22. The fourth-order valence-electron chi connectivity index (χ4n) is 2.05. The Labute approximate surface area is 112 Å². The SMILES string of the molecule is CCCCCCn1c(=S)[nH]c2cc(Cl)ccc21.